The molecule has 16 heteroatoms. The number of fused-ring (bicyclic) bond motifs is 7. The molecule has 2 N–H and O–H groups in total. The first-order valence-electron chi connectivity index (χ1n) is 21.4. The Balaban J connectivity index is 0.875. The molecule has 3 amide bonds. The number of halogens is 2. The number of piperazine rings is 1. The lowest BCUT2D eigenvalue weighted by atomic mass is 9.89. The van der Waals surface area contributed by atoms with Crippen molar-refractivity contribution in [2.45, 2.75) is 77.3 Å². The zero-order valence-electron chi connectivity index (χ0n) is 35.1. The molecule has 2 aromatic carbocycles. The fourth-order valence-electron chi connectivity index (χ4n) is 9.72. The van der Waals surface area contributed by atoms with Crippen LogP contribution in [0.15, 0.2) is 53.7 Å². The maximum absolute atomic E-state index is 15.3. The first kappa shape index (κ1) is 40.5. The zero-order chi connectivity index (χ0) is 42.5. The molecule has 3 saturated heterocycles. The van der Waals surface area contributed by atoms with Gasteiger partial charge >= 0.3 is 0 Å². The second-order valence-corrected chi connectivity index (χ2v) is 17.2. The summed E-state index contributed by atoms with van der Waals surface area (Å²) in [5, 5.41) is 10.1. The topological polar surface area (TPSA) is 141 Å². The minimum absolute atomic E-state index is 0.0558. The van der Waals surface area contributed by atoms with Crippen LogP contribution in [0, 0.1) is 24.5 Å². The zero-order valence-corrected chi connectivity index (χ0v) is 35.1. The summed E-state index contributed by atoms with van der Waals surface area (Å²) in [6.07, 6.45) is 5.35. The van der Waals surface area contributed by atoms with E-state index in [1.165, 1.54) is 12.1 Å². The maximum Gasteiger partial charge on any atom is 0.280 e. The van der Waals surface area contributed by atoms with Crippen LogP contribution in [-0.4, -0.2) is 101 Å². The molecule has 5 aliphatic heterocycles. The number of hydrogen-bond donors (Lipinski definition) is 2. The molecule has 0 unspecified atom stereocenters. The summed E-state index contributed by atoms with van der Waals surface area (Å²) >= 11 is 0. The summed E-state index contributed by atoms with van der Waals surface area (Å²) in [6, 6.07) is 13.2. The molecule has 2 aromatic heterocycles. The second kappa shape index (κ2) is 16.5. The lowest BCUT2D eigenvalue weighted by molar-refractivity contribution is -0.134. The number of anilines is 4. The van der Waals surface area contributed by atoms with Crippen LogP contribution < -0.4 is 30.1 Å². The van der Waals surface area contributed by atoms with Gasteiger partial charge in [0.15, 0.2) is 0 Å². The third kappa shape index (κ3) is 8.05. The third-order valence-electron chi connectivity index (χ3n) is 12.9. The lowest BCUT2D eigenvalue weighted by Gasteiger charge is -2.46. The number of carbonyl (C=O) groups excluding carboxylic acids is 3. The Kier molecular flexibility index (Phi) is 11.0. The van der Waals surface area contributed by atoms with Crippen molar-refractivity contribution in [3.05, 3.63) is 77.1 Å². The van der Waals surface area contributed by atoms with Crippen LogP contribution in [0.4, 0.5) is 31.5 Å². The molecule has 2 bridgehead atoms. The molecule has 9 rings (SSSR count). The van der Waals surface area contributed by atoms with E-state index in [1.54, 1.807) is 23.0 Å². The van der Waals surface area contributed by atoms with E-state index < -0.39 is 29.4 Å². The smallest absolute Gasteiger partial charge is 0.280 e. The second-order valence-electron chi connectivity index (χ2n) is 17.2. The molecule has 320 valence electrons. The molecule has 4 aromatic rings. The van der Waals surface area contributed by atoms with Crippen LogP contribution in [0.5, 0.6) is 5.88 Å². The number of rotatable bonds is 4. The van der Waals surface area contributed by atoms with Crippen molar-refractivity contribution < 1.29 is 27.9 Å². The minimum Gasteiger partial charge on any atom is -0.477 e. The highest BCUT2D eigenvalue weighted by Crippen LogP contribution is 2.39. The van der Waals surface area contributed by atoms with Gasteiger partial charge in [-0.1, -0.05) is 6.92 Å². The fourth-order valence-corrected chi connectivity index (χ4v) is 9.72. The van der Waals surface area contributed by atoms with Crippen LogP contribution in [0.1, 0.15) is 79.9 Å². The number of ether oxygens (including phenoxy) is 1. The third-order valence-corrected chi connectivity index (χ3v) is 12.9. The van der Waals surface area contributed by atoms with Gasteiger partial charge in [-0.25, -0.2) is 13.5 Å². The quantitative estimate of drug-likeness (QED) is 0.234. The van der Waals surface area contributed by atoms with Crippen molar-refractivity contribution in [1.82, 2.24) is 25.0 Å². The first-order valence-corrected chi connectivity index (χ1v) is 21.4. The number of pyridine rings is 1. The number of aryl methyl sites for hydroxylation is 2. The summed E-state index contributed by atoms with van der Waals surface area (Å²) in [6.45, 7) is 11.4. The van der Waals surface area contributed by atoms with Crippen molar-refractivity contribution in [2.24, 2.45) is 18.0 Å². The number of amides is 3. The molecular weight excluding hydrogens is 783 g/mol. The molecular formula is C45H52F2N10O4. The summed E-state index contributed by atoms with van der Waals surface area (Å²) < 4.78 is 38.6. The lowest BCUT2D eigenvalue weighted by Crippen LogP contribution is -2.57. The molecule has 7 heterocycles. The monoisotopic (exact) mass is 834 g/mol. The van der Waals surface area contributed by atoms with Crippen molar-refractivity contribution >= 4 is 46.4 Å². The van der Waals surface area contributed by atoms with E-state index in [0.717, 1.165) is 67.9 Å². The highest BCUT2D eigenvalue weighted by Gasteiger charge is 2.36. The SMILES string of the molecule is Cc1cc2cc(n1)-c1cnn(C)c1OCCC[C@@H](C)CN1/C(=N/C2=O)Nc2ccc(N3CCN(C4CCN(c5cc(F)c([C@H]6CCC(=O)NC6=O)c(F)c5)CC4)C[C@H]3C)cc21. The van der Waals surface area contributed by atoms with Gasteiger partial charge in [0.05, 0.1) is 41.4 Å². The van der Waals surface area contributed by atoms with Crippen molar-refractivity contribution in [2.75, 3.05) is 65.9 Å². The van der Waals surface area contributed by atoms with E-state index in [1.807, 2.05) is 18.9 Å². The first-order chi connectivity index (χ1) is 29.4. The number of hydrogen-bond acceptors (Lipinski definition) is 11. The molecule has 0 radical (unpaired) electrons. The van der Waals surface area contributed by atoms with Crippen LogP contribution in [0.2, 0.25) is 0 Å². The number of benzene rings is 2. The van der Waals surface area contributed by atoms with Crippen molar-refractivity contribution in [3.63, 3.8) is 0 Å². The van der Waals surface area contributed by atoms with E-state index in [2.05, 4.69) is 67.5 Å². The van der Waals surface area contributed by atoms with Gasteiger partial charge in [-0.15, -0.1) is 0 Å². The molecule has 3 fully saturated rings. The van der Waals surface area contributed by atoms with Gasteiger partial charge < -0.3 is 24.8 Å². The van der Waals surface area contributed by atoms with Gasteiger partial charge in [0.2, 0.25) is 23.7 Å². The Bertz CT molecular complexity index is 2390. The van der Waals surface area contributed by atoms with Gasteiger partial charge in [-0.05, 0) is 94.3 Å². The standard InChI is InChI=1S/C45H52F2N10O4/c1-26-6-5-17-61-44-34(23-48-53(44)4)38-19-29(18-27(2)49-38)42(59)52-45-50-37-9-7-31(22-39(37)57(45)24-26)56-16-15-55(25-28(56)3)30-11-13-54(14-12-30)32-20-35(46)41(36(47)21-32)33-8-10-40(58)51-43(33)60/h7,9,18-23,26,28,30,33H,5-6,8,10-17,24-25H2,1-4H3,(H,50,52,59)(H,51,58,60)/t26-,28-,33-/m1/s1. The van der Waals surface area contributed by atoms with E-state index in [0.29, 0.717) is 66.8 Å². The predicted molar refractivity (Wildman–Crippen MR) is 229 cm³/mol. The normalized spacial score (nSPS) is 23.8. The summed E-state index contributed by atoms with van der Waals surface area (Å²) in [7, 11) is 1.84. The number of nitrogens with zero attached hydrogens (tertiary/aromatic N) is 8. The average molecular weight is 835 g/mol. The summed E-state index contributed by atoms with van der Waals surface area (Å²) in [4.78, 5) is 56.4. The van der Waals surface area contributed by atoms with E-state index >= 15 is 8.78 Å². The van der Waals surface area contributed by atoms with Gasteiger partial charge in [-0.3, -0.25) is 29.6 Å². The van der Waals surface area contributed by atoms with E-state index in [4.69, 9.17) is 9.72 Å². The molecule has 5 aliphatic rings. The summed E-state index contributed by atoms with van der Waals surface area (Å²) in [5.74, 6) is -2.56. The number of aliphatic imine (C=N–C) groups is 1. The largest absolute Gasteiger partial charge is 0.477 e. The minimum atomic E-state index is -1.01. The van der Waals surface area contributed by atoms with Gasteiger partial charge in [0.25, 0.3) is 5.91 Å². The highest BCUT2D eigenvalue weighted by atomic mass is 19.1. The van der Waals surface area contributed by atoms with Crippen LogP contribution in [-0.2, 0) is 16.6 Å². The number of aromatic nitrogens is 3. The van der Waals surface area contributed by atoms with Crippen molar-refractivity contribution in [3.8, 4) is 17.1 Å². The van der Waals surface area contributed by atoms with Crippen LogP contribution in [0.3, 0.4) is 0 Å². The Morgan fingerprint density at radius 1 is 0.869 bits per heavy atom. The van der Waals surface area contributed by atoms with E-state index in [9.17, 15) is 14.4 Å². The average Bonchev–Trinajstić information content (AvgIpc) is 3.77. The predicted octanol–water partition coefficient (Wildman–Crippen LogP) is 6.01. The molecule has 0 spiro atoms. The Morgan fingerprint density at radius 2 is 1.66 bits per heavy atom. The molecule has 3 atom stereocenters. The fraction of sp³-hybridized carbons (Fsp3) is 0.467. The number of piperidine rings is 2. The molecule has 61 heavy (non-hydrogen) atoms. The number of nitrogens with one attached hydrogen (secondary N) is 2. The van der Waals surface area contributed by atoms with Crippen molar-refractivity contribution in [1.29, 1.82) is 0 Å². The Morgan fingerprint density at radius 3 is 2.41 bits per heavy atom. The van der Waals surface area contributed by atoms with Gasteiger partial charge in [0.1, 0.15) is 11.6 Å². The van der Waals surface area contributed by atoms with E-state index in [-0.39, 0.29) is 36.3 Å². The molecule has 0 saturated carbocycles. The molecule has 0 aliphatic carbocycles. The highest BCUT2D eigenvalue weighted by molar-refractivity contribution is 6.19. The molecule has 14 nitrogen and oxygen atoms in total. The Hall–Kier alpha value is -5.90. The number of guanidine groups is 1. The number of carbonyl (C=O) groups is 3. The maximum atomic E-state index is 15.3. The number of imide groups is 1. The van der Waals surface area contributed by atoms with Crippen LogP contribution >= 0.6 is 0 Å². The van der Waals surface area contributed by atoms with Crippen LogP contribution in [0.25, 0.3) is 11.3 Å². The summed E-state index contributed by atoms with van der Waals surface area (Å²) in [5.41, 5.74) is 5.69. The van der Waals surface area contributed by atoms with Gasteiger partial charge in [0, 0.05) is 93.0 Å². The van der Waals surface area contributed by atoms with Gasteiger partial charge in [-0.2, -0.15) is 10.1 Å². The Labute approximate surface area is 353 Å².